The molecule has 1 heterocycles. The van der Waals surface area contributed by atoms with Crippen LogP contribution in [0.15, 0.2) is 109 Å². The smallest absolute Gasteiger partial charge is 0.204 e. The first kappa shape index (κ1) is 21.8. The first-order valence-corrected chi connectivity index (χ1v) is 12.2. The van der Waals surface area contributed by atoms with Gasteiger partial charge in [-0.25, -0.2) is 0 Å². The molecule has 4 aromatic rings. The molecule has 0 amide bonds. The molecule has 0 radical (unpaired) electrons. The molecule has 178 valence electrons. The van der Waals surface area contributed by atoms with E-state index < -0.39 is 46.2 Å². The highest BCUT2D eigenvalue weighted by Crippen LogP contribution is 2.67. The summed E-state index contributed by atoms with van der Waals surface area (Å²) in [6.07, 6.45) is -1.14. The van der Waals surface area contributed by atoms with Crippen LogP contribution in [0.1, 0.15) is 64.6 Å². The fraction of sp³-hybridized carbons (Fsp3) is 0.125. The van der Waals surface area contributed by atoms with Gasteiger partial charge in [-0.2, -0.15) is 0 Å². The Hall–Kier alpha value is -4.48. The molecule has 37 heavy (non-hydrogen) atoms. The van der Waals surface area contributed by atoms with Crippen molar-refractivity contribution in [2.45, 2.75) is 17.6 Å². The molecular weight excluding hydrogens is 464 g/mol. The maximum Gasteiger partial charge on any atom is 0.204 e. The van der Waals surface area contributed by atoms with Gasteiger partial charge in [0.1, 0.15) is 11.5 Å². The van der Waals surface area contributed by atoms with Gasteiger partial charge in [0.05, 0.1) is 5.92 Å². The summed E-state index contributed by atoms with van der Waals surface area (Å²) in [4.78, 5) is 57.5. The summed E-state index contributed by atoms with van der Waals surface area (Å²) in [5, 5.41) is 0. The highest BCUT2D eigenvalue weighted by Gasteiger charge is 2.79. The average Bonchev–Trinajstić information content (AvgIpc) is 3.48. The molecule has 0 aromatic heterocycles. The largest absolute Gasteiger partial charge is 0.348 e. The van der Waals surface area contributed by atoms with E-state index in [1.165, 1.54) is 0 Å². The van der Waals surface area contributed by atoms with Gasteiger partial charge in [0.25, 0.3) is 0 Å². The minimum absolute atomic E-state index is 0.243. The number of Topliss-reactive ketones (excluding diaryl/α,β-unsaturated/α-hetero) is 4. The second-order valence-corrected chi connectivity index (χ2v) is 9.76. The number of rotatable bonds is 2. The van der Waals surface area contributed by atoms with Crippen molar-refractivity contribution in [3.63, 3.8) is 0 Å². The Labute approximate surface area is 212 Å². The molecule has 0 bridgehead atoms. The Kier molecular flexibility index (Phi) is 4.42. The van der Waals surface area contributed by atoms with E-state index in [0.29, 0.717) is 11.1 Å². The summed E-state index contributed by atoms with van der Waals surface area (Å²) in [6, 6.07) is 31.1. The van der Waals surface area contributed by atoms with Gasteiger partial charge in [-0.3, -0.25) is 19.2 Å². The molecule has 1 aliphatic heterocycles. The summed E-state index contributed by atoms with van der Waals surface area (Å²) >= 11 is 0. The Morgan fingerprint density at radius 3 is 1.30 bits per heavy atom. The number of carbonyl (C=O) groups excluding carboxylic acids is 4. The van der Waals surface area contributed by atoms with Crippen molar-refractivity contribution in [2.24, 2.45) is 5.41 Å². The van der Waals surface area contributed by atoms with Crippen LogP contribution >= 0.6 is 0 Å². The lowest BCUT2D eigenvalue weighted by atomic mass is 9.60. The van der Waals surface area contributed by atoms with Crippen molar-refractivity contribution in [1.29, 1.82) is 0 Å². The average molecular weight is 485 g/mol. The molecule has 5 nitrogen and oxygen atoms in total. The van der Waals surface area contributed by atoms with Gasteiger partial charge in [-0.15, -0.1) is 0 Å². The molecule has 2 aliphatic carbocycles. The zero-order valence-electron chi connectivity index (χ0n) is 19.6. The molecule has 3 aliphatic rings. The van der Waals surface area contributed by atoms with E-state index in [4.69, 9.17) is 4.74 Å². The van der Waals surface area contributed by atoms with E-state index in [1.54, 1.807) is 97.1 Å². The van der Waals surface area contributed by atoms with E-state index in [2.05, 4.69) is 0 Å². The lowest BCUT2D eigenvalue weighted by Gasteiger charge is -2.34. The molecule has 1 fully saturated rings. The maximum absolute atomic E-state index is 14.5. The predicted octanol–water partition coefficient (Wildman–Crippen LogP) is 5.43. The molecule has 0 saturated carbocycles. The molecule has 2 atom stereocenters. The fourth-order valence-electron chi connectivity index (χ4n) is 6.60. The van der Waals surface area contributed by atoms with E-state index in [1.807, 2.05) is 12.1 Å². The monoisotopic (exact) mass is 484 g/mol. The molecule has 4 aromatic carbocycles. The van der Waals surface area contributed by atoms with Crippen LogP contribution in [0.2, 0.25) is 0 Å². The number of hydrogen-bond donors (Lipinski definition) is 0. The van der Waals surface area contributed by atoms with Gasteiger partial charge >= 0.3 is 0 Å². The van der Waals surface area contributed by atoms with Gasteiger partial charge in [0.15, 0.2) is 11.6 Å². The Balaban J connectivity index is 1.60. The molecule has 1 saturated heterocycles. The van der Waals surface area contributed by atoms with Crippen molar-refractivity contribution in [3.8, 4) is 0 Å². The van der Waals surface area contributed by atoms with Gasteiger partial charge < -0.3 is 4.74 Å². The van der Waals surface area contributed by atoms with E-state index in [9.17, 15) is 19.2 Å². The minimum Gasteiger partial charge on any atom is -0.348 e. The van der Waals surface area contributed by atoms with Crippen LogP contribution in [-0.4, -0.2) is 28.7 Å². The lowest BCUT2D eigenvalue weighted by Crippen LogP contribution is -2.51. The molecule has 2 unspecified atom stereocenters. The van der Waals surface area contributed by atoms with Crippen LogP contribution in [0.25, 0.3) is 0 Å². The van der Waals surface area contributed by atoms with Gasteiger partial charge in [-0.1, -0.05) is 109 Å². The summed E-state index contributed by atoms with van der Waals surface area (Å²) in [5.74, 6) is -3.05. The van der Waals surface area contributed by atoms with Crippen molar-refractivity contribution < 1.29 is 23.9 Å². The number of ether oxygens (including phenoxy) is 1. The summed E-state index contributed by atoms with van der Waals surface area (Å²) in [6.45, 7) is 0. The zero-order valence-corrected chi connectivity index (χ0v) is 19.6. The lowest BCUT2D eigenvalue weighted by molar-refractivity contribution is -0.0210. The second-order valence-electron chi connectivity index (χ2n) is 9.76. The third kappa shape index (κ3) is 2.51. The van der Waals surface area contributed by atoms with E-state index >= 15 is 0 Å². The number of hydrogen-bond acceptors (Lipinski definition) is 5. The number of carbonyl (C=O) groups is 4. The molecule has 2 spiro atoms. The fourth-order valence-corrected chi connectivity index (χ4v) is 6.60. The standard InChI is InChI=1S/C32H20O5/c33-26-21-15-7-8-16-22(21)27(34)31(26)25(19-11-3-1-4-12-19)32(37-30(31)20-13-5-2-6-14-20)28(35)23-17-9-10-18-24(23)29(32)36/h1-18,25,30H. The van der Waals surface area contributed by atoms with Crippen molar-refractivity contribution in [3.05, 3.63) is 143 Å². The molecule has 5 heteroatoms. The van der Waals surface area contributed by atoms with Crippen LogP contribution in [-0.2, 0) is 4.74 Å². The summed E-state index contributed by atoms with van der Waals surface area (Å²) in [7, 11) is 0. The second kappa shape index (κ2) is 7.51. The SMILES string of the molecule is O=C1c2ccccc2C(=O)C12OC(c1ccccc1)C1(C(=O)c3ccccc3C1=O)C2c1ccccc1. The number of benzene rings is 4. The third-order valence-corrected chi connectivity index (χ3v) is 8.07. The normalized spacial score (nSPS) is 22.6. The third-order valence-electron chi connectivity index (χ3n) is 8.07. The minimum atomic E-state index is -2.06. The molecule has 0 N–H and O–H groups in total. The van der Waals surface area contributed by atoms with Crippen molar-refractivity contribution >= 4 is 23.1 Å². The Bertz CT molecular complexity index is 1570. The number of ketones is 4. The maximum atomic E-state index is 14.5. The highest BCUT2D eigenvalue weighted by atomic mass is 16.5. The van der Waals surface area contributed by atoms with E-state index in [0.717, 1.165) is 0 Å². The topological polar surface area (TPSA) is 77.5 Å². The van der Waals surface area contributed by atoms with E-state index in [-0.39, 0.29) is 22.3 Å². The van der Waals surface area contributed by atoms with Gasteiger partial charge in [-0.05, 0) is 11.1 Å². The molecular formula is C32H20O5. The first-order valence-electron chi connectivity index (χ1n) is 12.2. The predicted molar refractivity (Wildman–Crippen MR) is 135 cm³/mol. The van der Waals surface area contributed by atoms with Crippen LogP contribution in [0.4, 0.5) is 0 Å². The Morgan fingerprint density at radius 1 is 0.459 bits per heavy atom. The summed E-state index contributed by atoms with van der Waals surface area (Å²) < 4.78 is 6.64. The molecule has 7 rings (SSSR count). The Morgan fingerprint density at radius 2 is 0.838 bits per heavy atom. The summed E-state index contributed by atoms with van der Waals surface area (Å²) in [5.41, 5.74) is -1.74. The van der Waals surface area contributed by atoms with Crippen LogP contribution in [0.5, 0.6) is 0 Å². The van der Waals surface area contributed by atoms with Crippen LogP contribution in [0, 0.1) is 5.41 Å². The van der Waals surface area contributed by atoms with Gasteiger partial charge in [0.2, 0.25) is 17.2 Å². The van der Waals surface area contributed by atoms with Crippen molar-refractivity contribution in [1.82, 2.24) is 0 Å². The zero-order chi connectivity index (χ0) is 25.4. The van der Waals surface area contributed by atoms with Crippen molar-refractivity contribution in [2.75, 3.05) is 0 Å². The van der Waals surface area contributed by atoms with Crippen LogP contribution in [0.3, 0.4) is 0 Å². The number of fused-ring (bicyclic) bond motifs is 2. The quantitative estimate of drug-likeness (QED) is 0.355. The first-order chi connectivity index (χ1) is 18.0. The van der Waals surface area contributed by atoms with Gasteiger partial charge in [0, 0.05) is 22.3 Å². The highest BCUT2D eigenvalue weighted by molar-refractivity contribution is 6.37. The van der Waals surface area contributed by atoms with Crippen LogP contribution < -0.4 is 0 Å².